The second-order valence-corrected chi connectivity index (χ2v) is 16.7. The predicted molar refractivity (Wildman–Crippen MR) is 261 cm³/mol. The molecule has 0 saturated carbocycles. The zero-order valence-electron chi connectivity index (χ0n) is 34.4. The van der Waals surface area contributed by atoms with Crippen LogP contribution in [0, 0.1) is 0 Å². The largest absolute Gasteiger partial charge is 0.456 e. The number of furan rings is 1. The van der Waals surface area contributed by atoms with Gasteiger partial charge in [0.25, 0.3) is 0 Å². The van der Waals surface area contributed by atoms with E-state index in [4.69, 9.17) is 4.42 Å². The fraction of sp³-hybridized carbons (Fsp3) is 0.0164. The van der Waals surface area contributed by atoms with E-state index < -0.39 is 5.41 Å². The van der Waals surface area contributed by atoms with E-state index in [2.05, 4.69) is 235 Å². The number of anilines is 3. The maximum absolute atomic E-state index is 6.68. The minimum Gasteiger partial charge on any atom is -0.456 e. The average molecular weight is 802 g/mol. The minimum absolute atomic E-state index is 0.488. The Morgan fingerprint density at radius 1 is 0.302 bits per heavy atom. The molecule has 0 bridgehead atoms. The second kappa shape index (κ2) is 13.9. The molecule has 2 nitrogen and oxygen atoms in total. The van der Waals surface area contributed by atoms with Crippen molar-refractivity contribution in [3.63, 3.8) is 0 Å². The Morgan fingerprint density at radius 3 is 1.48 bits per heavy atom. The molecule has 0 fully saturated rings. The SMILES string of the molecule is c1ccc(-c2ccccc2-c2c(-c3ccccc3)cccc2N(c2ccc3c(c2)oc2ccccc23)c2cccc3c2-c2ccccc2C32c3ccccc3-c3ccccc32)cc1. The van der Waals surface area contributed by atoms with Crippen molar-refractivity contribution in [2.45, 2.75) is 5.41 Å². The minimum atomic E-state index is -0.488. The molecule has 1 heterocycles. The lowest BCUT2D eigenvalue weighted by Crippen LogP contribution is -2.26. The van der Waals surface area contributed by atoms with Crippen LogP contribution >= 0.6 is 0 Å². The number of hydrogen-bond donors (Lipinski definition) is 0. The highest BCUT2D eigenvalue weighted by Gasteiger charge is 2.52. The van der Waals surface area contributed by atoms with Crippen molar-refractivity contribution in [2.75, 3.05) is 4.90 Å². The summed E-state index contributed by atoms with van der Waals surface area (Å²) in [4.78, 5) is 2.51. The first-order valence-electron chi connectivity index (χ1n) is 21.8. The Balaban J connectivity index is 1.16. The van der Waals surface area contributed by atoms with Crippen LogP contribution in [-0.4, -0.2) is 0 Å². The van der Waals surface area contributed by atoms with Crippen LogP contribution in [-0.2, 0) is 5.41 Å². The summed E-state index contributed by atoms with van der Waals surface area (Å²) in [6, 6.07) is 86.6. The highest BCUT2D eigenvalue weighted by Crippen LogP contribution is 2.65. The van der Waals surface area contributed by atoms with Crippen molar-refractivity contribution in [3.8, 4) is 55.6 Å². The van der Waals surface area contributed by atoms with Crippen LogP contribution < -0.4 is 4.90 Å². The molecule has 0 atom stereocenters. The standard InChI is InChI=1S/C61H39NO/c1-3-19-40(20-4-1)43-23-7-8-27-49(43)59-44(41-21-5-2-6-22-41)29-17-34-55(59)62(42-37-38-48-47-26-12-16-36-57(47)63-58(48)39-42)56-35-18-33-54-60(56)50-28-11-15-32-53(50)61(54)51-30-13-9-24-45(51)46-25-10-14-31-52(46)61/h1-39H. The molecule has 10 aromatic carbocycles. The first-order valence-corrected chi connectivity index (χ1v) is 21.8. The molecule has 0 radical (unpaired) electrons. The van der Waals surface area contributed by atoms with Gasteiger partial charge in [0.15, 0.2) is 0 Å². The number of nitrogens with zero attached hydrogens (tertiary/aromatic N) is 1. The summed E-state index contributed by atoms with van der Waals surface area (Å²) < 4.78 is 6.68. The van der Waals surface area contributed by atoms with Gasteiger partial charge in [-0.15, -0.1) is 0 Å². The molecule has 63 heavy (non-hydrogen) atoms. The third-order valence-electron chi connectivity index (χ3n) is 13.5. The van der Waals surface area contributed by atoms with E-state index in [0.717, 1.165) is 61.3 Å². The van der Waals surface area contributed by atoms with Gasteiger partial charge in [0, 0.05) is 33.7 Å². The van der Waals surface area contributed by atoms with E-state index >= 15 is 0 Å². The smallest absolute Gasteiger partial charge is 0.137 e. The van der Waals surface area contributed by atoms with Gasteiger partial charge in [-0.05, 0) is 97.1 Å². The van der Waals surface area contributed by atoms with Crippen molar-refractivity contribution in [2.24, 2.45) is 0 Å². The maximum Gasteiger partial charge on any atom is 0.137 e. The summed E-state index contributed by atoms with van der Waals surface area (Å²) in [7, 11) is 0. The van der Waals surface area contributed by atoms with Crippen LogP contribution in [0.1, 0.15) is 22.3 Å². The molecule has 0 saturated heterocycles. The molecule has 1 aromatic heterocycles. The third-order valence-corrected chi connectivity index (χ3v) is 13.5. The molecule has 2 aliphatic carbocycles. The fourth-order valence-electron chi connectivity index (χ4n) is 11.0. The van der Waals surface area contributed by atoms with Gasteiger partial charge in [-0.25, -0.2) is 0 Å². The molecular formula is C61H39NO. The summed E-state index contributed by atoms with van der Waals surface area (Å²) in [6.07, 6.45) is 0. The van der Waals surface area contributed by atoms with Gasteiger partial charge in [0.1, 0.15) is 11.2 Å². The molecule has 1 spiro atoms. The summed E-state index contributed by atoms with van der Waals surface area (Å²) in [6.45, 7) is 0. The lowest BCUT2D eigenvalue weighted by atomic mass is 9.70. The Labute approximate surface area is 366 Å². The Kier molecular flexibility index (Phi) is 7.85. The van der Waals surface area contributed by atoms with E-state index in [-0.39, 0.29) is 0 Å². The monoisotopic (exact) mass is 801 g/mol. The fourth-order valence-corrected chi connectivity index (χ4v) is 11.0. The van der Waals surface area contributed by atoms with Gasteiger partial charge in [-0.3, -0.25) is 0 Å². The van der Waals surface area contributed by atoms with E-state index in [0.29, 0.717) is 0 Å². The third kappa shape index (κ3) is 5.13. The average Bonchev–Trinajstić information content (AvgIpc) is 3.99. The number of fused-ring (bicyclic) bond motifs is 13. The quantitative estimate of drug-likeness (QED) is 0.167. The normalized spacial score (nSPS) is 12.9. The Hall–Kier alpha value is -8.20. The lowest BCUT2D eigenvalue weighted by molar-refractivity contribution is 0.669. The van der Waals surface area contributed by atoms with E-state index in [1.165, 1.54) is 55.6 Å². The van der Waals surface area contributed by atoms with Gasteiger partial charge < -0.3 is 9.32 Å². The number of hydrogen-bond acceptors (Lipinski definition) is 2. The van der Waals surface area contributed by atoms with Gasteiger partial charge in [-0.2, -0.15) is 0 Å². The van der Waals surface area contributed by atoms with Crippen LogP contribution in [0.2, 0.25) is 0 Å². The molecule has 11 aromatic rings. The second-order valence-electron chi connectivity index (χ2n) is 16.7. The van der Waals surface area contributed by atoms with Crippen LogP contribution in [0.15, 0.2) is 241 Å². The van der Waals surface area contributed by atoms with E-state index in [1.54, 1.807) is 0 Å². The van der Waals surface area contributed by atoms with Crippen LogP contribution in [0.4, 0.5) is 17.1 Å². The molecular weight excluding hydrogens is 763 g/mol. The predicted octanol–water partition coefficient (Wildman–Crippen LogP) is 16.4. The number of para-hydroxylation sites is 1. The summed E-state index contributed by atoms with van der Waals surface area (Å²) >= 11 is 0. The molecule has 0 aliphatic heterocycles. The molecule has 13 rings (SSSR count). The van der Waals surface area contributed by atoms with E-state index in [9.17, 15) is 0 Å². The van der Waals surface area contributed by atoms with Gasteiger partial charge in [0.2, 0.25) is 0 Å². The summed E-state index contributed by atoms with van der Waals surface area (Å²) in [5.74, 6) is 0. The van der Waals surface area contributed by atoms with E-state index in [1.807, 2.05) is 6.07 Å². The van der Waals surface area contributed by atoms with Crippen LogP contribution in [0.3, 0.4) is 0 Å². The van der Waals surface area contributed by atoms with Crippen molar-refractivity contribution in [3.05, 3.63) is 259 Å². The maximum atomic E-state index is 6.68. The van der Waals surface area contributed by atoms with Crippen LogP contribution in [0.25, 0.3) is 77.6 Å². The molecule has 0 unspecified atom stereocenters. The molecule has 2 heteroatoms. The van der Waals surface area contributed by atoms with Crippen molar-refractivity contribution in [1.29, 1.82) is 0 Å². The van der Waals surface area contributed by atoms with Gasteiger partial charge >= 0.3 is 0 Å². The lowest BCUT2D eigenvalue weighted by Gasteiger charge is -2.33. The molecule has 0 N–H and O–H groups in total. The first kappa shape index (κ1) is 35.5. The Morgan fingerprint density at radius 2 is 0.778 bits per heavy atom. The van der Waals surface area contributed by atoms with Crippen molar-refractivity contribution < 1.29 is 4.42 Å². The highest BCUT2D eigenvalue weighted by molar-refractivity contribution is 6.09. The number of benzene rings is 10. The number of rotatable bonds is 6. The van der Waals surface area contributed by atoms with Crippen LogP contribution in [0.5, 0.6) is 0 Å². The zero-order chi connectivity index (χ0) is 41.5. The topological polar surface area (TPSA) is 16.4 Å². The molecule has 294 valence electrons. The summed E-state index contributed by atoms with van der Waals surface area (Å²) in [5.41, 5.74) is 21.8. The molecule has 0 amide bonds. The molecule has 2 aliphatic rings. The zero-order valence-corrected chi connectivity index (χ0v) is 34.4. The highest BCUT2D eigenvalue weighted by atomic mass is 16.3. The van der Waals surface area contributed by atoms with Gasteiger partial charge in [-0.1, -0.05) is 200 Å². The van der Waals surface area contributed by atoms with Gasteiger partial charge in [0.05, 0.1) is 16.8 Å². The van der Waals surface area contributed by atoms with Crippen molar-refractivity contribution in [1.82, 2.24) is 0 Å². The van der Waals surface area contributed by atoms with Crippen molar-refractivity contribution >= 4 is 39.0 Å². The first-order chi connectivity index (χ1) is 31.3. The Bertz CT molecular complexity index is 3540. The summed E-state index contributed by atoms with van der Waals surface area (Å²) in [5, 5.41) is 2.22.